The molecule has 0 aliphatic heterocycles. The zero-order chi connectivity index (χ0) is 10.6. The van der Waals surface area contributed by atoms with Crippen molar-refractivity contribution in [2.75, 3.05) is 0 Å². The maximum Gasteiger partial charge on any atom is 0.0174 e. The van der Waals surface area contributed by atoms with Gasteiger partial charge >= 0.3 is 0 Å². The second-order valence-corrected chi connectivity index (χ2v) is 6.29. The van der Waals surface area contributed by atoms with Gasteiger partial charge in [-0.05, 0) is 43.4 Å². The summed E-state index contributed by atoms with van der Waals surface area (Å²) < 4.78 is 0. The fraction of sp³-hybridized carbons (Fsp3) is 1.00. The average Bonchev–Trinajstić information content (AvgIpc) is 2.19. The number of hydrogen-bond donors (Lipinski definition) is 0. The Hall–Kier alpha value is 0.480. The Kier molecular flexibility index (Phi) is 5.51. The Labute approximate surface area is 98.0 Å². The number of hydrogen-bond acceptors (Lipinski definition) is 0. The van der Waals surface area contributed by atoms with E-state index in [1.807, 2.05) is 0 Å². The molecular formula is C13H25Br. The summed E-state index contributed by atoms with van der Waals surface area (Å²) in [6.07, 6.45) is 8.45. The van der Waals surface area contributed by atoms with Crippen LogP contribution in [0.3, 0.4) is 0 Å². The van der Waals surface area contributed by atoms with Gasteiger partial charge in [-0.2, -0.15) is 0 Å². The fourth-order valence-corrected chi connectivity index (χ4v) is 3.45. The summed E-state index contributed by atoms with van der Waals surface area (Å²) >= 11 is 3.87. The van der Waals surface area contributed by atoms with Gasteiger partial charge in [0.2, 0.25) is 0 Å². The minimum Gasteiger partial charge on any atom is -0.0888 e. The van der Waals surface area contributed by atoms with Gasteiger partial charge in [0.15, 0.2) is 0 Å². The molecule has 0 saturated heterocycles. The first kappa shape index (κ1) is 12.5. The molecule has 3 atom stereocenters. The Bertz CT molecular complexity index is 151. The minimum absolute atomic E-state index is 0.805. The van der Waals surface area contributed by atoms with Crippen molar-refractivity contribution in [1.82, 2.24) is 0 Å². The van der Waals surface area contributed by atoms with Crippen molar-refractivity contribution in [3.05, 3.63) is 0 Å². The summed E-state index contributed by atoms with van der Waals surface area (Å²) in [5, 5.41) is 0. The molecule has 0 nitrogen and oxygen atoms in total. The van der Waals surface area contributed by atoms with Crippen LogP contribution in [0.5, 0.6) is 0 Å². The number of rotatable bonds is 4. The van der Waals surface area contributed by atoms with Crippen molar-refractivity contribution in [2.45, 2.75) is 64.1 Å². The highest BCUT2D eigenvalue weighted by Gasteiger charge is 2.27. The quantitative estimate of drug-likeness (QED) is 0.624. The second-order valence-electron chi connectivity index (χ2n) is 5.11. The Morgan fingerprint density at radius 1 is 1.21 bits per heavy atom. The van der Waals surface area contributed by atoms with Crippen LogP contribution in [0.25, 0.3) is 0 Å². The van der Waals surface area contributed by atoms with Crippen LogP contribution in [-0.4, -0.2) is 4.83 Å². The van der Waals surface area contributed by atoms with Gasteiger partial charge in [-0.1, -0.05) is 49.5 Å². The Balaban J connectivity index is 2.40. The summed E-state index contributed by atoms with van der Waals surface area (Å²) in [5.41, 5.74) is 0. The van der Waals surface area contributed by atoms with E-state index in [4.69, 9.17) is 0 Å². The minimum atomic E-state index is 0.805. The lowest BCUT2D eigenvalue weighted by atomic mass is 9.77. The maximum atomic E-state index is 3.87. The van der Waals surface area contributed by atoms with Crippen molar-refractivity contribution >= 4 is 15.9 Å². The van der Waals surface area contributed by atoms with E-state index in [1.165, 1.54) is 38.5 Å². The lowest BCUT2D eigenvalue weighted by molar-refractivity contribution is 0.243. The van der Waals surface area contributed by atoms with E-state index < -0.39 is 0 Å². The third kappa shape index (κ3) is 3.56. The van der Waals surface area contributed by atoms with E-state index in [0.717, 1.165) is 22.6 Å². The first-order valence-corrected chi connectivity index (χ1v) is 7.22. The summed E-state index contributed by atoms with van der Waals surface area (Å²) in [7, 11) is 0. The molecule has 0 radical (unpaired) electrons. The molecule has 1 aliphatic carbocycles. The topological polar surface area (TPSA) is 0 Å². The van der Waals surface area contributed by atoms with E-state index in [9.17, 15) is 0 Å². The van der Waals surface area contributed by atoms with Gasteiger partial charge in [-0.15, -0.1) is 0 Å². The van der Waals surface area contributed by atoms with Crippen LogP contribution in [0.1, 0.15) is 59.3 Å². The standard InChI is InChI=1S/C13H25Br/c1-4-11(5-2)9-12-8-10(3)6-7-13(12)14/h10-13H,4-9H2,1-3H3. The lowest BCUT2D eigenvalue weighted by Gasteiger charge is -2.33. The van der Waals surface area contributed by atoms with Gasteiger partial charge in [0.1, 0.15) is 0 Å². The van der Waals surface area contributed by atoms with E-state index >= 15 is 0 Å². The molecule has 84 valence electrons. The van der Waals surface area contributed by atoms with E-state index in [0.29, 0.717) is 0 Å². The molecule has 1 saturated carbocycles. The second kappa shape index (κ2) is 6.15. The van der Waals surface area contributed by atoms with Crippen molar-refractivity contribution < 1.29 is 0 Å². The van der Waals surface area contributed by atoms with Crippen molar-refractivity contribution in [1.29, 1.82) is 0 Å². The molecule has 0 aromatic heterocycles. The highest BCUT2D eigenvalue weighted by atomic mass is 79.9. The lowest BCUT2D eigenvalue weighted by Crippen LogP contribution is -2.25. The van der Waals surface area contributed by atoms with Gasteiger partial charge in [0.25, 0.3) is 0 Å². The summed E-state index contributed by atoms with van der Waals surface area (Å²) in [5.74, 6) is 2.87. The van der Waals surface area contributed by atoms with Crippen LogP contribution in [0, 0.1) is 17.8 Å². The van der Waals surface area contributed by atoms with Gasteiger partial charge in [0, 0.05) is 4.83 Å². The van der Waals surface area contributed by atoms with Crippen LogP contribution in [0.2, 0.25) is 0 Å². The monoisotopic (exact) mass is 260 g/mol. The van der Waals surface area contributed by atoms with Crippen molar-refractivity contribution in [3.63, 3.8) is 0 Å². The van der Waals surface area contributed by atoms with Gasteiger partial charge in [-0.25, -0.2) is 0 Å². The van der Waals surface area contributed by atoms with Crippen LogP contribution >= 0.6 is 15.9 Å². The first-order chi connectivity index (χ1) is 6.67. The van der Waals surface area contributed by atoms with Gasteiger partial charge in [-0.3, -0.25) is 0 Å². The first-order valence-electron chi connectivity index (χ1n) is 6.31. The molecule has 0 bridgehead atoms. The van der Waals surface area contributed by atoms with Crippen LogP contribution in [0.4, 0.5) is 0 Å². The third-order valence-electron chi connectivity index (χ3n) is 3.94. The molecule has 14 heavy (non-hydrogen) atoms. The maximum absolute atomic E-state index is 3.87. The smallest absolute Gasteiger partial charge is 0.0174 e. The largest absolute Gasteiger partial charge is 0.0888 e. The van der Waals surface area contributed by atoms with Gasteiger partial charge < -0.3 is 0 Å². The van der Waals surface area contributed by atoms with E-state index in [2.05, 4.69) is 36.7 Å². The molecule has 0 N–H and O–H groups in total. The summed E-state index contributed by atoms with van der Waals surface area (Å²) in [6.45, 7) is 7.09. The van der Waals surface area contributed by atoms with Crippen LogP contribution in [0.15, 0.2) is 0 Å². The summed E-state index contributed by atoms with van der Waals surface area (Å²) in [4.78, 5) is 0.805. The molecule has 0 heterocycles. The zero-order valence-electron chi connectivity index (χ0n) is 9.93. The predicted molar refractivity (Wildman–Crippen MR) is 67.9 cm³/mol. The molecule has 3 unspecified atom stereocenters. The molecule has 0 aromatic carbocycles. The Morgan fingerprint density at radius 2 is 1.86 bits per heavy atom. The van der Waals surface area contributed by atoms with Gasteiger partial charge in [0.05, 0.1) is 0 Å². The molecule has 1 rings (SSSR count). The number of alkyl halides is 1. The molecule has 0 aromatic rings. The molecular weight excluding hydrogens is 236 g/mol. The van der Waals surface area contributed by atoms with E-state index in [1.54, 1.807) is 0 Å². The van der Waals surface area contributed by atoms with Crippen LogP contribution < -0.4 is 0 Å². The fourth-order valence-electron chi connectivity index (χ4n) is 2.76. The molecule has 0 amide bonds. The number of halogens is 1. The van der Waals surface area contributed by atoms with Crippen molar-refractivity contribution in [3.8, 4) is 0 Å². The molecule has 1 fully saturated rings. The Morgan fingerprint density at radius 3 is 2.43 bits per heavy atom. The predicted octanol–water partition coefficient (Wildman–Crippen LogP) is 5.01. The average molecular weight is 261 g/mol. The highest BCUT2D eigenvalue weighted by Crippen LogP contribution is 2.38. The van der Waals surface area contributed by atoms with Crippen LogP contribution in [-0.2, 0) is 0 Å². The summed E-state index contributed by atoms with van der Waals surface area (Å²) in [6, 6.07) is 0. The molecule has 1 heteroatoms. The normalized spacial score (nSPS) is 33.6. The molecule has 1 aliphatic rings. The van der Waals surface area contributed by atoms with Crippen molar-refractivity contribution in [2.24, 2.45) is 17.8 Å². The van der Waals surface area contributed by atoms with E-state index in [-0.39, 0.29) is 0 Å². The third-order valence-corrected chi connectivity index (χ3v) is 5.15. The SMILES string of the molecule is CCC(CC)CC1CC(C)CCC1Br. The zero-order valence-corrected chi connectivity index (χ0v) is 11.5. The molecule has 0 spiro atoms. The highest BCUT2D eigenvalue weighted by molar-refractivity contribution is 9.09.